The average molecular weight is 392 g/mol. The van der Waals surface area contributed by atoms with E-state index in [0.717, 1.165) is 19.3 Å². The number of amides is 2. The Hall–Kier alpha value is -2.70. The molecule has 2 aliphatic rings. The molecule has 30 heavy (non-hydrogen) atoms. The van der Waals surface area contributed by atoms with Crippen LogP contribution in [0.4, 0.5) is 0 Å². The van der Waals surface area contributed by atoms with Crippen LogP contribution >= 0.6 is 0 Å². The molecule has 0 atom stereocenters. The zero-order valence-electron chi connectivity index (χ0n) is 16.3. The van der Waals surface area contributed by atoms with Crippen molar-refractivity contribution in [2.75, 3.05) is 13.1 Å². The second-order valence-electron chi connectivity index (χ2n) is 7.60. The summed E-state index contributed by atoms with van der Waals surface area (Å²) in [5.41, 5.74) is 0.904. The smallest absolute Gasteiger partial charge is 0.312 e. The van der Waals surface area contributed by atoms with Crippen LogP contribution in [0.15, 0.2) is 12.1 Å². The van der Waals surface area contributed by atoms with Crippen LogP contribution in [0, 0.1) is 0 Å². The van der Waals surface area contributed by atoms with Gasteiger partial charge in [0.1, 0.15) is 37.1 Å². The first-order chi connectivity index (χ1) is 14.3. The molecular weight excluding hydrogens is 375 g/mol. The molecule has 8 radical (unpaired) electrons. The van der Waals surface area contributed by atoms with Crippen LogP contribution in [0.1, 0.15) is 25.0 Å². The Labute approximate surface area is 179 Å². The van der Waals surface area contributed by atoms with Crippen molar-refractivity contribution >= 4 is 65.1 Å². The summed E-state index contributed by atoms with van der Waals surface area (Å²) in [4.78, 5) is 28.0. The van der Waals surface area contributed by atoms with E-state index in [1.165, 1.54) is 4.90 Å². The number of phenols is 1. The van der Waals surface area contributed by atoms with Gasteiger partial charge in [0, 0.05) is 24.7 Å². The van der Waals surface area contributed by atoms with Crippen molar-refractivity contribution in [1.82, 2.24) is 20.0 Å². The number of hydrogen-bond acceptors (Lipinski definition) is 5. The number of rotatable bonds is 4. The average Bonchev–Trinajstić information content (AvgIpc) is 2.70. The topological polar surface area (TPSA) is 86.6 Å². The van der Waals surface area contributed by atoms with Crippen molar-refractivity contribution in [1.29, 1.82) is 0 Å². The monoisotopic (exact) mass is 392 g/mol. The van der Waals surface area contributed by atoms with E-state index in [4.69, 9.17) is 31.4 Å². The minimum absolute atomic E-state index is 0.00236. The largest absolute Gasteiger partial charge is 0.508 e. The van der Waals surface area contributed by atoms with Crippen LogP contribution in [-0.2, 0) is 16.1 Å². The fourth-order valence-corrected chi connectivity index (χ4v) is 3.73. The SMILES string of the molecule is [B]c1c([B])c([B])c(-c2ccc(CN3CCN(C4CCC4)C(=O)C3=O)nn2)c(O)c1[B]. The Morgan fingerprint density at radius 1 is 0.933 bits per heavy atom. The molecule has 1 aliphatic carbocycles. The minimum atomic E-state index is -0.528. The summed E-state index contributed by atoms with van der Waals surface area (Å²) in [5.74, 6) is -1.31. The van der Waals surface area contributed by atoms with Crippen molar-refractivity contribution in [3.63, 3.8) is 0 Å². The summed E-state index contributed by atoms with van der Waals surface area (Å²) in [6.45, 7) is 1.13. The molecule has 1 aromatic heterocycles. The van der Waals surface area contributed by atoms with E-state index < -0.39 is 11.8 Å². The van der Waals surface area contributed by atoms with Gasteiger partial charge in [0.15, 0.2) is 0 Å². The lowest BCUT2D eigenvalue weighted by Gasteiger charge is -2.42. The number of carbonyl (C=O) groups excluding carboxylic acids is 2. The second-order valence-corrected chi connectivity index (χ2v) is 7.60. The Bertz CT molecular complexity index is 998. The fourth-order valence-electron chi connectivity index (χ4n) is 3.73. The molecule has 142 valence electrons. The van der Waals surface area contributed by atoms with Gasteiger partial charge >= 0.3 is 11.8 Å². The summed E-state index contributed by atoms with van der Waals surface area (Å²) in [5, 5.41) is 18.5. The molecule has 1 aromatic carbocycles. The van der Waals surface area contributed by atoms with Gasteiger partial charge in [-0.25, -0.2) is 0 Å². The van der Waals surface area contributed by atoms with Gasteiger partial charge in [-0.15, -0.1) is 10.9 Å². The van der Waals surface area contributed by atoms with Gasteiger partial charge in [0.25, 0.3) is 0 Å². The van der Waals surface area contributed by atoms with E-state index in [9.17, 15) is 14.7 Å². The lowest BCUT2D eigenvalue weighted by molar-refractivity contribution is -0.159. The molecule has 2 amide bonds. The predicted molar refractivity (Wildman–Crippen MR) is 115 cm³/mol. The zero-order chi connectivity index (χ0) is 21.6. The maximum absolute atomic E-state index is 12.5. The summed E-state index contributed by atoms with van der Waals surface area (Å²) in [6, 6.07) is 3.42. The van der Waals surface area contributed by atoms with Crippen LogP contribution in [0.2, 0.25) is 0 Å². The molecule has 4 rings (SSSR count). The molecule has 11 heteroatoms. The molecule has 2 heterocycles. The van der Waals surface area contributed by atoms with Crippen molar-refractivity contribution < 1.29 is 14.7 Å². The summed E-state index contributed by atoms with van der Waals surface area (Å²) in [6.07, 6.45) is 3.02. The maximum Gasteiger partial charge on any atom is 0.312 e. The molecule has 0 bridgehead atoms. The van der Waals surface area contributed by atoms with Gasteiger partial charge in [-0.05, 0) is 31.4 Å². The van der Waals surface area contributed by atoms with E-state index in [0.29, 0.717) is 18.8 Å². The van der Waals surface area contributed by atoms with Gasteiger partial charge in [-0.2, -0.15) is 10.2 Å². The Kier molecular flexibility index (Phi) is 5.38. The number of nitrogens with zero attached hydrogens (tertiary/aromatic N) is 4. The normalized spacial score (nSPS) is 17.3. The first kappa shape index (κ1) is 20.6. The third kappa shape index (κ3) is 3.40. The lowest BCUT2D eigenvalue weighted by Crippen LogP contribution is -2.58. The molecule has 2 fully saturated rings. The molecule has 1 saturated carbocycles. The summed E-state index contributed by atoms with van der Waals surface area (Å²) in [7, 11) is 23.3. The Morgan fingerprint density at radius 3 is 2.23 bits per heavy atom. The molecule has 1 aliphatic heterocycles. The Balaban J connectivity index is 1.51. The number of carbonyl (C=O) groups is 2. The van der Waals surface area contributed by atoms with Gasteiger partial charge in [-0.1, -0.05) is 10.9 Å². The van der Waals surface area contributed by atoms with Crippen molar-refractivity contribution in [3.8, 4) is 17.0 Å². The van der Waals surface area contributed by atoms with Crippen LogP contribution in [0.3, 0.4) is 0 Å². The number of phenolic OH excluding ortho intramolecular Hbond substituents is 1. The first-order valence-corrected chi connectivity index (χ1v) is 9.67. The number of aromatic hydroxyl groups is 1. The summed E-state index contributed by atoms with van der Waals surface area (Å²) < 4.78 is 0. The highest BCUT2D eigenvalue weighted by Gasteiger charge is 2.38. The highest BCUT2D eigenvalue weighted by atomic mass is 16.3. The zero-order valence-corrected chi connectivity index (χ0v) is 16.3. The van der Waals surface area contributed by atoms with E-state index >= 15 is 0 Å². The molecule has 0 spiro atoms. The Morgan fingerprint density at radius 2 is 1.63 bits per heavy atom. The highest BCUT2D eigenvalue weighted by Crippen LogP contribution is 2.27. The van der Waals surface area contributed by atoms with Gasteiger partial charge < -0.3 is 14.9 Å². The number of piperazine rings is 1. The van der Waals surface area contributed by atoms with Crippen molar-refractivity contribution in [2.45, 2.75) is 31.8 Å². The third-order valence-corrected chi connectivity index (χ3v) is 5.82. The molecule has 2 aromatic rings. The highest BCUT2D eigenvalue weighted by molar-refractivity contribution is 6.64. The van der Waals surface area contributed by atoms with Crippen LogP contribution < -0.4 is 21.9 Å². The van der Waals surface area contributed by atoms with Gasteiger partial charge in [-0.3, -0.25) is 9.59 Å². The molecule has 1 saturated heterocycles. The van der Waals surface area contributed by atoms with Crippen LogP contribution in [0.25, 0.3) is 11.3 Å². The number of aromatic nitrogens is 2. The third-order valence-electron chi connectivity index (χ3n) is 5.82. The van der Waals surface area contributed by atoms with Crippen molar-refractivity contribution in [2.24, 2.45) is 0 Å². The predicted octanol–water partition coefficient (Wildman–Crippen LogP) is -3.25. The lowest BCUT2D eigenvalue weighted by atomic mass is 9.64. The first-order valence-electron chi connectivity index (χ1n) is 9.67. The minimum Gasteiger partial charge on any atom is -0.508 e. The van der Waals surface area contributed by atoms with Gasteiger partial charge in [0.2, 0.25) is 0 Å². The van der Waals surface area contributed by atoms with E-state index in [-0.39, 0.29) is 51.4 Å². The van der Waals surface area contributed by atoms with Crippen molar-refractivity contribution in [3.05, 3.63) is 17.8 Å². The standard InChI is InChI=1S/C19H16B4N4O3/c20-13-12(17(28)16(23)15(22)14(13)21)11-5-4-9(24-25-11)8-26-6-7-27(10-2-1-3-10)19(30)18(26)29/h4-5,10,28H,1-3,6-8H2. The molecule has 1 N–H and O–H groups in total. The second kappa shape index (κ2) is 7.85. The van der Waals surface area contributed by atoms with Crippen LogP contribution in [0.5, 0.6) is 5.75 Å². The van der Waals surface area contributed by atoms with Crippen LogP contribution in [-0.4, -0.2) is 87.4 Å². The van der Waals surface area contributed by atoms with E-state index in [1.54, 1.807) is 17.0 Å². The van der Waals surface area contributed by atoms with E-state index in [1.807, 2.05) is 0 Å². The number of benzene rings is 1. The quantitative estimate of drug-likeness (QED) is 0.437. The summed E-state index contributed by atoms with van der Waals surface area (Å²) >= 11 is 0. The maximum atomic E-state index is 12.5. The molecular formula is C19H16B4N4O3. The number of hydrogen-bond donors (Lipinski definition) is 1. The molecule has 7 nitrogen and oxygen atoms in total. The van der Waals surface area contributed by atoms with E-state index in [2.05, 4.69) is 10.2 Å². The molecule has 0 unspecified atom stereocenters. The van der Waals surface area contributed by atoms with Gasteiger partial charge in [0.05, 0.1) is 17.9 Å². The fraction of sp³-hybridized carbons (Fsp3) is 0.368.